The molecule has 0 aromatic heterocycles. The highest BCUT2D eigenvalue weighted by atomic mass is 16.5. The molecular weight excluding hydrogens is 226 g/mol. The largest absolute Gasteiger partial charge is 0.479 e. The Morgan fingerprint density at radius 1 is 1.11 bits per heavy atom. The summed E-state index contributed by atoms with van der Waals surface area (Å²) in [4.78, 5) is 0. The summed E-state index contributed by atoms with van der Waals surface area (Å²) in [7, 11) is 0. The van der Waals surface area contributed by atoms with Crippen molar-refractivity contribution in [2.45, 2.75) is 44.6 Å². The average molecular weight is 239 g/mol. The Labute approximate surface area is 106 Å². The van der Waals surface area contributed by atoms with Crippen molar-refractivity contribution in [3.8, 4) is 18.2 Å². The number of hydrogen-bond donors (Lipinski definition) is 0. The molecule has 2 aliphatic rings. The molecule has 0 atom stereocenters. The molecule has 1 aliphatic heterocycles. The van der Waals surface area contributed by atoms with Gasteiger partial charge in [0.25, 0.3) is 0 Å². The standard InChI is InChI=1S/C14H13N3O/c1-10-12(9-17)13(11(7-15)8-16)18-14(10)5-3-2-4-6-14/h2-6H2,1H3. The molecule has 0 unspecified atom stereocenters. The second kappa shape index (κ2) is 4.55. The Morgan fingerprint density at radius 3 is 2.22 bits per heavy atom. The van der Waals surface area contributed by atoms with Gasteiger partial charge in [-0.05, 0) is 38.2 Å². The molecule has 0 amide bonds. The van der Waals surface area contributed by atoms with E-state index < -0.39 is 5.60 Å². The van der Waals surface area contributed by atoms with Crippen molar-refractivity contribution in [3.63, 3.8) is 0 Å². The van der Waals surface area contributed by atoms with Crippen LogP contribution >= 0.6 is 0 Å². The molecule has 1 fully saturated rings. The number of ether oxygens (including phenoxy) is 1. The van der Waals surface area contributed by atoms with Gasteiger partial charge in [0.1, 0.15) is 23.8 Å². The third-order valence-electron chi connectivity index (χ3n) is 3.81. The summed E-state index contributed by atoms with van der Waals surface area (Å²) in [6.45, 7) is 1.88. The van der Waals surface area contributed by atoms with Crippen molar-refractivity contribution in [2.75, 3.05) is 0 Å². The molecule has 4 nitrogen and oxygen atoms in total. The molecule has 0 bridgehead atoms. The first-order valence-electron chi connectivity index (χ1n) is 6.04. The van der Waals surface area contributed by atoms with Crippen molar-refractivity contribution >= 4 is 0 Å². The van der Waals surface area contributed by atoms with Gasteiger partial charge in [-0.1, -0.05) is 6.42 Å². The van der Waals surface area contributed by atoms with Crippen LogP contribution in [0.1, 0.15) is 39.0 Å². The minimum atomic E-state index is -0.447. The van der Waals surface area contributed by atoms with E-state index in [1.807, 2.05) is 19.1 Å². The van der Waals surface area contributed by atoms with Gasteiger partial charge in [0.2, 0.25) is 0 Å². The fourth-order valence-electron chi connectivity index (χ4n) is 2.76. The summed E-state index contributed by atoms with van der Waals surface area (Å²) in [6.07, 6.45) is 4.99. The Hall–Kier alpha value is -2.25. The summed E-state index contributed by atoms with van der Waals surface area (Å²) in [5.41, 5.74) is 0.698. The van der Waals surface area contributed by atoms with Gasteiger partial charge < -0.3 is 4.74 Å². The molecule has 18 heavy (non-hydrogen) atoms. The quantitative estimate of drug-likeness (QED) is 0.608. The molecule has 1 spiro atoms. The molecule has 1 aliphatic carbocycles. The fraction of sp³-hybridized carbons (Fsp3) is 0.500. The third-order valence-corrected chi connectivity index (χ3v) is 3.81. The van der Waals surface area contributed by atoms with E-state index >= 15 is 0 Å². The Morgan fingerprint density at radius 2 is 1.72 bits per heavy atom. The van der Waals surface area contributed by atoms with Gasteiger partial charge >= 0.3 is 0 Å². The highest BCUT2D eigenvalue weighted by Gasteiger charge is 2.45. The highest BCUT2D eigenvalue weighted by molar-refractivity contribution is 5.57. The lowest BCUT2D eigenvalue weighted by Crippen LogP contribution is -2.32. The zero-order chi connectivity index (χ0) is 13.2. The predicted molar refractivity (Wildman–Crippen MR) is 63.5 cm³/mol. The average Bonchev–Trinajstić information content (AvgIpc) is 2.65. The van der Waals surface area contributed by atoms with E-state index in [9.17, 15) is 5.26 Å². The summed E-state index contributed by atoms with van der Waals surface area (Å²) in [5, 5.41) is 27.1. The van der Waals surface area contributed by atoms with Crippen LogP contribution in [0.15, 0.2) is 22.5 Å². The van der Waals surface area contributed by atoms with Gasteiger partial charge in [-0.3, -0.25) is 0 Å². The van der Waals surface area contributed by atoms with Crippen molar-refractivity contribution < 1.29 is 4.74 Å². The number of nitriles is 3. The van der Waals surface area contributed by atoms with Crippen molar-refractivity contribution in [1.82, 2.24) is 0 Å². The van der Waals surface area contributed by atoms with Crippen LogP contribution < -0.4 is 0 Å². The first-order chi connectivity index (χ1) is 8.68. The van der Waals surface area contributed by atoms with Crippen LogP contribution in [0.5, 0.6) is 0 Å². The summed E-state index contributed by atoms with van der Waals surface area (Å²) < 4.78 is 5.89. The van der Waals surface area contributed by atoms with E-state index in [2.05, 4.69) is 6.07 Å². The zero-order valence-corrected chi connectivity index (χ0v) is 10.3. The molecular formula is C14H13N3O. The van der Waals surface area contributed by atoms with E-state index in [1.54, 1.807) is 0 Å². The van der Waals surface area contributed by atoms with Crippen LogP contribution in [0.25, 0.3) is 0 Å². The van der Waals surface area contributed by atoms with Crippen molar-refractivity contribution in [2.24, 2.45) is 0 Å². The second-order valence-corrected chi connectivity index (χ2v) is 4.70. The minimum Gasteiger partial charge on any atom is -0.479 e. The molecule has 0 N–H and O–H groups in total. The lowest BCUT2D eigenvalue weighted by atomic mass is 9.79. The molecule has 2 rings (SSSR count). The predicted octanol–water partition coefficient (Wildman–Crippen LogP) is 2.86. The maximum Gasteiger partial charge on any atom is 0.172 e. The lowest BCUT2D eigenvalue weighted by Gasteiger charge is -2.34. The van der Waals surface area contributed by atoms with Crippen LogP contribution in [0.3, 0.4) is 0 Å². The lowest BCUT2D eigenvalue weighted by molar-refractivity contribution is 0.0233. The fourth-order valence-corrected chi connectivity index (χ4v) is 2.76. The van der Waals surface area contributed by atoms with Gasteiger partial charge in [0.15, 0.2) is 11.3 Å². The monoisotopic (exact) mass is 239 g/mol. The first-order valence-corrected chi connectivity index (χ1v) is 6.04. The van der Waals surface area contributed by atoms with Gasteiger partial charge in [-0.2, -0.15) is 15.8 Å². The number of hydrogen-bond acceptors (Lipinski definition) is 4. The van der Waals surface area contributed by atoms with E-state index in [-0.39, 0.29) is 11.3 Å². The Balaban J connectivity index is 2.54. The van der Waals surface area contributed by atoms with Gasteiger partial charge in [-0.25, -0.2) is 0 Å². The summed E-state index contributed by atoms with van der Waals surface area (Å²) >= 11 is 0. The van der Waals surface area contributed by atoms with Gasteiger partial charge in [0.05, 0.1) is 5.57 Å². The van der Waals surface area contributed by atoms with Crippen LogP contribution in [0.2, 0.25) is 0 Å². The van der Waals surface area contributed by atoms with Crippen LogP contribution in [-0.4, -0.2) is 5.60 Å². The Kier molecular flexibility index (Phi) is 3.09. The van der Waals surface area contributed by atoms with Gasteiger partial charge in [0, 0.05) is 0 Å². The molecule has 0 radical (unpaired) electrons. The van der Waals surface area contributed by atoms with E-state index in [4.69, 9.17) is 15.3 Å². The van der Waals surface area contributed by atoms with E-state index in [0.29, 0.717) is 5.57 Å². The topological polar surface area (TPSA) is 80.6 Å². The highest BCUT2D eigenvalue weighted by Crippen LogP contribution is 2.47. The van der Waals surface area contributed by atoms with Crippen molar-refractivity contribution in [3.05, 3.63) is 22.5 Å². The SMILES string of the molecule is CC1=C(C#N)C(=C(C#N)C#N)OC12CCCCC2. The second-order valence-electron chi connectivity index (χ2n) is 4.70. The van der Waals surface area contributed by atoms with Crippen LogP contribution in [-0.2, 0) is 4.74 Å². The molecule has 0 aromatic rings. The number of nitrogens with zero attached hydrogens (tertiary/aromatic N) is 3. The Bertz CT molecular complexity index is 541. The van der Waals surface area contributed by atoms with E-state index in [0.717, 1.165) is 31.3 Å². The van der Waals surface area contributed by atoms with Gasteiger partial charge in [-0.15, -0.1) is 0 Å². The molecule has 1 saturated carbocycles. The maximum atomic E-state index is 9.22. The maximum absolute atomic E-state index is 9.22. The normalized spacial score (nSPS) is 20.9. The number of allylic oxidation sites excluding steroid dienone is 2. The molecule has 0 saturated heterocycles. The first kappa shape index (κ1) is 12.2. The molecule has 4 heteroatoms. The van der Waals surface area contributed by atoms with Crippen molar-refractivity contribution in [1.29, 1.82) is 15.8 Å². The van der Waals surface area contributed by atoms with Crippen LogP contribution in [0.4, 0.5) is 0 Å². The molecule has 1 heterocycles. The van der Waals surface area contributed by atoms with E-state index in [1.165, 1.54) is 6.42 Å². The number of rotatable bonds is 0. The molecule has 90 valence electrons. The zero-order valence-electron chi connectivity index (χ0n) is 10.3. The summed E-state index contributed by atoms with van der Waals surface area (Å²) in [5.74, 6) is 0.182. The third kappa shape index (κ3) is 1.66. The summed E-state index contributed by atoms with van der Waals surface area (Å²) in [6, 6.07) is 5.70. The minimum absolute atomic E-state index is 0.103. The van der Waals surface area contributed by atoms with Crippen LogP contribution in [0, 0.1) is 34.0 Å². The smallest absolute Gasteiger partial charge is 0.172 e. The molecule has 0 aromatic carbocycles.